The molecule has 0 saturated carbocycles. The number of carbonyl (C=O) groups is 3. The number of hydrogen-bond donors (Lipinski definition) is 3. The fourth-order valence-electron chi connectivity index (χ4n) is 1.71. The highest BCUT2D eigenvalue weighted by Crippen LogP contribution is 2.26. The van der Waals surface area contributed by atoms with E-state index in [9.17, 15) is 14.4 Å². The summed E-state index contributed by atoms with van der Waals surface area (Å²) in [6, 6.07) is 0. The highest BCUT2D eigenvalue weighted by Gasteiger charge is 2.40. The molecular formula is C8H8N2O4. The molecule has 0 aliphatic carbocycles. The van der Waals surface area contributed by atoms with Gasteiger partial charge < -0.3 is 10.4 Å². The number of imide groups is 1. The minimum atomic E-state index is -1.07. The van der Waals surface area contributed by atoms with Crippen molar-refractivity contribution in [1.29, 1.82) is 0 Å². The molecule has 2 amide bonds. The minimum absolute atomic E-state index is 0.0637. The Morgan fingerprint density at radius 2 is 2.07 bits per heavy atom. The van der Waals surface area contributed by atoms with Gasteiger partial charge >= 0.3 is 5.97 Å². The van der Waals surface area contributed by atoms with Crippen LogP contribution in [0, 0.1) is 5.92 Å². The van der Waals surface area contributed by atoms with Crippen LogP contribution in [0.15, 0.2) is 11.3 Å². The molecule has 2 heterocycles. The lowest BCUT2D eigenvalue weighted by Gasteiger charge is -2.19. The van der Waals surface area contributed by atoms with Crippen LogP contribution >= 0.6 is 0 Å². The van der Waals surface area contributed by atoms with E-state index in [0.29, 0.717) is 13.0 Å². The topological polar surface area (TPSA) is 95.5 Å². The Labute approximate surface area is 79.0 Å². The van der Waals surface area contributed by atoms with Gasteiger partial charge in [-0.25, -0.2) is 0 Å². The van der Waals surface area contributed by atoms with Crippen LogP contribution in [0.1, 0.15) is 6.42 Å². The summed E-state index contributed by atoms with van der Waals surface area (Å²) < 4.78 is 0. The van der Waals surface area contributed by atoms with Gasteiger partial charge in [-0.15, -0.1) is 0 Å². The van der Waals surface area contributed by atoms with Crippen LogP contribution in [0.2, 0.25) is 0 Å². The van der Waals surface area contributed by atoms with Crippen molar-refractivity contribution in [2.45, 2.75) is 6.42 Å². The molecule has 6 nitrogen and oxygen atoms in total. The van der Waals surface area contributed by atoms with Crippen LogP contribution in [0.25, 0.3) is 0 Å². The Hall–Kier alpha value is -1.85. The third kappa shape index (κ3) is 1.07. The Bertz CT molecular complexity index is 372. The van der Waals surface area contributed by atoms with Crippen molar-refractivity contribution in [1.82, 2.24) is 10.6 Å². The molecule has 1 unspecified atom stereocenters. The van der Waals surface area contributed by atoms with Crippen molar-refractivity contribution >= 4 is 17.8 Å². The number of carbonyl (C=O) groups excluding carboxylic acids is 2. The van der Waals surface area contributed by atoms with Crippen LogP contribution in [0.4, 0.5) is 0 Å². The lowest BCUT2D eigenvalue weighted by atomic mass is 9.92. The maximum absolute atomic E-state index is 11.2. The Morgan fingerprint density at radius 3 is 2.71 bits per heavy atom. The van der Waals surface area contributed by atoms with Gasteiger partial charge in [0.1, 0.15) is 5.70 Å². The second kappa shape index (κ2) is 2.83. The van der Waals surface area contributed by atoms with Crippen molar-refractivity contribution in [2.75, 3.05) is 6.54 Å². The second-order valence-electron chi connectivity index (χ2n) is 3.18. The summed E-state index contributed by atoms with van der Waals surface area (Å²) in [5.74, 6) is -3.05. The fourth-order valence-corrected chi connectivity index (χ4v) is 1.71. The van der Waals surface area contributed by atoms with E-state index in [1.54, 1.807) is 0 Å². The van der Waals surface area contributed by atoms with Crippen LogP contribution < -0.4 is 10.6 Å². The summed E-state index contributed by atoms with van der Waals surface area (Å²) in [5, 5.41) is 13.6. The molecular weight excluding hydrogens is 188 g/mol. The van der Waals surface area contributed by atoms with Gasteiger partial charge in [-0.2, -0.15) is 0 Å². The zero-order valence-electron chi connectivity index (χ0n) is 7.16. The number of rotatable bonds is 1. The van der Waals surface area contributed by atoms with Gasteiger partial charge in [0.2, 0.25) is 0 Å². The largest absolute Gasteiger partial charge is 0.481 e. The lowest BCUT2D eigenvalue weighted by Crippen LogP contribution is -2.32. The summed E-state index contributed by atoms with van der Waals surface area (Å²) in [5.41, 5.74) is 0.183. The summed E-state index contributed by atoms with van der Waals surface area (Å²) in [6.45, 7) is 0.399. The quantitative estimate of drug-likeness (QED) is 0.448. The smallest absolute Gasteiger partial charge is 0.311 e. The van der Waals surface area contributed by atoms with E-state index in [2.05, 4.69) is 10.6 Å². The average molecular weight is 196 g/mol. The second-order valence-corrected chi connectivity index (χ2v) is 3.18. The van der Waals surface area contributed by atoms with Gasteiger partial charge in [-0.3, -0.25) is 19.7 Å². The van der Waals surface area contributed by atoms with E-state index in [1.165, 1.54) is 0 Å². The fraction of sp³-hybridized carbons (Fsp3) is 0.375. The van der Waals surface area contributed by atoms with Gasteiger partial charge in [-0.05, 0) is 6.42 Å². The first kappa shape index (κ1) is 8.74. The third-order valence-electron chi connectivity index (χ3n) is 2.35. The first-order valence-electron chi connectivity index (χ1n) is 4.18. The number of nitrogens with one attached hydrogen (secondary N) is 2. The van der Waals surface area contributed by atoms with E-state index in [0.717, 1.165) is 0 Å². The zero-order valence-corrected chi connectivity index (χ0v) is 7.16. The van der Waals surface area contributed by atoms with Crippen LogP contribution in [-0.2, 0) is 14.4 Å². The van der Waals surface area contributed by atoms with Gasteiger partial charge in [0, 0.05) is 6.54 Å². The number of aliphatic carboxylic acids is 1. The summed E-state index contributed by atoms with van der Waals surface area (Å²) in [6.07, 6.45) is 0.328. The average Bonchev–Trinajstić information content (AvgIpc) is 2.43. The van der Waals surface area contributed by atoms with Gasteiger partial charge in [0.05, 0.1) is 11.5 Å². The first-order chi connectivity index (χ1) is 6.61. The molecule has 0 bridgehead atoms. The molecule has 2 rings (SSSR count). The van der Waals surface area contributed by atoms with Crippen LogP contribution in [-0.4, -0.2) is 29.4 Å². The van der Waals surface area contributed by atoms with Crippen LogP contribution in [0.5, 0.6) is 0 Å². The molecule has 0 fully saturated rings. The Balaban J connectivity index is 2.45. The highest BCUT2D eigenvalue weighted by atomic mass is 16.4. The summed E-state index contributed by atoms with van der Waals surface area (Å²) >= 11 is 0. The standard InChI is InChI=1S/C8H8N2O4/c11-6-4-3(8(13)14)1-2-9-5(4)7(12)10-6/h3,9H,1-2H2,(H,13,14)(H,10,11,12). The molecule has 0 spiro atoms. The van der Waals surface area contributed by atoms with Crippen molar-refractivity contribution in [3.05, 3.63) is 11.3 Å². The maximum Gasteiger partial charge on any atom is 0.311 e. The Kier molecular flexibility index (Phi) is 1.77. The zero-order chi connectivity index (χ0) is 10.3. The molecule has 0 saturated heterocycles. The van der Waals surface area contributed by atoms with Crippen molar-refractivity contribution in [2.24, 2.45) is 5.92 Å². The van der Waals surface area contributed by atoms with Crippen molar-refractivity contribution in [3.63, 3.8) is 0 Å². The lowest BCUT2D eigenvalue weighted by molar-refractivity contribution is -0.141. The van der Waals surface area contributed by atoms with E-state index in [1.807, 2.05) is 0 Å². The molecule has 0 aromatic rings. The van der Waals surface area contributed by atoms with Crippen molar-refractivity contribution in [3.8, 4) is 0 Å². The number of amides is 2. The molecule has 74 valence electrons. The summed E-state index contributed by atoms with van der Waals surface area (Å²) in [7, 11) is 0. The van der Waals surface area contributed by atoms with E-state index in [-0.39, 0.29) is 11.3 Å². The SMILES string of the molecule is O=C1NC(=O)C2=C1NCCC2C(=O)O. The van der Waals surface area contributed by atoms with Gasteiger partial charge in [0.15, 0.2) is 0 Å². The molecule has 2 aliphatic heterocycles. The van der Waals surface area contributed by atoms with Gasteiger partial charge in [0.25, 0.3) is 11.8 Å². The van der Waals surface area contributed by atoms with Gasteiger partial charge in [-0.1, -0.05) is 0 Å². The number of carboxylic acids is 1. The predicted octanol–water partition coefficient (Wildman–Crippen LogP) is -1.41. The molecule has 0 aromatic heterocycles. The number of carboxylic acid groups (broad SMARTS) is 1. The first-order valence-corrected chi connectivity index (χ1v) is 4.18. The molecule has 14 heavy (non-hydrogen) atoms. The normalized spacial score (nSPS) is 25.6. The monoisotopic (exact) mass is 196 g/mol. The van der Waals surface area contributed by atoms with E-state index >= 15 is 0 Å². The van der Waals surface area contributed by atoms with Crippen LogP contribution in [0.3, 0.4) is 0 Å². The Morgan fingerprint density at radius 1 is 1.36 bits per heavy atom. The molecule has 1 atom stereocenters. The van der Waals surface area contributed by atoms with E-state index in [4.69, 9.17) is 5.11 Å². The van der Waals surface area contributed by atoms with E-state index < -0.39 is 23.7 Å². The highest BCUT2D eigenvalue weighted by molar-refractivity contribution is 6.20. The number of hydrogen-bond acceptors (Lipinski definition) is 4. The predicted molar refractivity (Wildman–Crippen MR) is 43.9 cm³/mol. The maximum atomic E-state index is 11.2. The molecule has 0 radical (unpaired) electrons. The molecule has 6 heteroatoms. The summed E-state index contributed by atoms with van der Waals surface area (Å²) in [4.78, 5) is 33.2. The minimum Gasteiger partial charge on any atom is -0.481 e. The molecule has 0 aromatic carbocycles. The van der Waals surface area contributed by atoms with Crippen molar-refractivity contribution < 1.29 is 19.5 Å². The third-order valence-corrected chi connectivity index (χ3v) is 2.35. The molecule has 3 N–H and O–H groups in total. The molecule has 2 aliphatic rings.